The van der Waals surface area contributed by atoms with Gasteiger partial charge in [0.15, 0.2) is 5.16 Å². The van der Waals surface area contributed by atoms with Gasteiger partial charge in [0.05, 0.1) is 18.9 Å². The van der Waals surface area contributed by atoms with Gasteiger partial charge in [-0.25, -0.2) is 0 Å². The van der Waals surface area contributed by atoms with E-state index in [1.165, 1.54) is 0 Å². The van der Waals surface area contributed by atoms with E-state index >= 15 is 0 Å². The lowest BCUT2D eigenvalue weighted by atomic mass is 10.6. The van der Waals surface area contributed by atoms with Gasteiger partial charge >= 0.3 is 5.97 Å². The zero-order valence-corrected chi connectivity index (χ0v) is 9.74. The van der Waals surface area contributed by atoms with Crippen LogP contribution in [0.5, 0.6) is 0 Å². The highest BCUT2D eigenvalue weighted by Crippen LogP contribution is 2.17. The van der Waals surface area contributed by atoms with E-state index in [1.54, 1.807) is 4.57 Å². The highest BCUT2D eigenvalue weighted by molar-refractivity contribution is 7.99. The zero-order valence-electron chi connectivity index (χ0n) is 8.92. The van der Waals surface area contributed by atoms with Crippen LogP contribution < -0.4 is 5.73 Å². The van der Waals surface area contributed by atoms with Gasteiger partial charge in [0, 0.05) is 6.61 Å². The molecule has 0 fully saturated rings. The molecule has 0 atom stereocenters. The molecule has 0 aliphatic rings. The van der Waals surface area contributed by atoms with Crippen molar-refractivity contribution in [1.29, 1.82) is 0 Å². The van der Waals surface area contributed by atoms with E-state index in [2.05, 4.69) is 10.2 Å². The molecule has 0 bridgehead atoms. The molecule has 0 aliphatic carbocycles. The minimum absolute atomic E-state index is 0.0627. The van der Waals surface area contributed by atoms with Crippen LogP contribution in [0.2, 0.25) is 0 Å². The summed E-state index contributed by atoms with van der Waals surface area (Å²) in [5.74, 6) is -0.692. The van der Waals surface area contributed by atoms with Crippen LogP contribution in [0.25, 0.3) is 0 Å². The predicted octanol–water partition coefficient (Wildman–Crippen LogP) is 0.0735. The summed E-state index contributed by atoms with van der Waals surface area (Å²) >= 11 is 1.09. The number of hydrogen-bond acceptors (Lipinski definition) is 6. The van der Waals surface area contributed by atoms with Gasteiger partial charge in [-0.2, -0.15) is 0 Å². The van der Waals surface area contributed by atoms with Crippen molar-refractivity contribution in [3.63, 3.8) is 0 Å². The maximum absolute atomic E-state index is 10.4. The maximum atomic E-state index is 10.4. The first-order valence-electron chi connectivity index (χ1n) is 4.76. The Balaban J connectivity index is 2.58. The van der Waals surface area contributed by atoms with Crippen molar-refractivity contribution in [1.82, 2.24) is 14.8 Å². The topological polar surface area (TPSA) is 103 Å². The second-order valence-corrected chi connectivity index (χ2v) is 3.81. The highest BCUT2D eigenvalue weighted by Gasteiger charge is 2.11. The Bertz CT molecular complexity index is 355. The Kier molecular flexibility index (Phi) is 5.06. The third-order valence-electron chi connectivity index (χ3n) is 1.73. The van der Waals surface area contributed by atoms with Crippen LogP contribution >= 0.6 is 11.8 Å². The van der Waals surface area contributed by atoms with Crippen LogP contribution in [0.15, 0.2) is 5.16 Å². The molecule has 90 valence electrons. The van der Waals surface area contributed by atoms with E-state index < -0.39 is 5.97 Å². The van der Waals surface area contributed by atoms with Crippen LogP contribution in [-0.2, 0) is 16.1 Å². The van der Waals surface area contributed by atoms with Crippen molar-refractivity contribution < 1.29 is 14.6 Å². The summed E-state index contributed by atoms with van der Waals surface area (Å²) < 4.78 is 6.83. The van der Waals surface area contributed by atoms with Crippen LogP contribution in [-0.4, -0.2) is 44.8 Å². The van der Waals surface area contributed by atoms with Crippen molar-refractivity contribution >= 4 is 23.7 Å². The average molecular weight is 246 g/mol. The van der Waals surface area contributed by atoms with Gasteiger partial charge in [0.2, 0.25) is 5.95 Å². The Morgan fingerprint density at radius 3 is 3.00 bits per heavy atom. The number of carboxylic acid groups (broad SMARTS) is 1. The van der Waals surface area contributed by atoms with Gasteiger partial charge in [-0.15, -0.1) is 10.2 Å². The van der Waals surface area contributed by atoms with Gasteiger partial charge in [-0.3, -0.25) is 9.36 Å². The maximum Gasteiger partial charge on any atom is 0.313 e. The molecule has 1 rings (SSSR count). The van der Waals surface area contributed by atoms with Crippen molar-refractivity contribution in [2.45, 2.75) is 18.6 Å². The van der Waals surface area contributed by atoms with E-state index in [4.69, 9.17) is 15.6 Å². The third kappa shape index (κ3) is 3.70. The second kappa shape index (κ2) is 6.33. The van der Waals surface area contributed by atoms with E-state index in [1.807, 2.05) is 6.92 Å². The van der Waals surface area contributed by atoms with Gasteiger partial charge < -0.3 is 15.6 Å². The van der Waals surface area contributed by atoms with E-state index in [-0.39, 0.29) is 11.7 Å². The molecule has 0 radical (unpaired) electrons. The fraction of sp³-hybridized carbons (Fsp3) is 0.625. The van der Waals surface area contributed by atoms with Crippen molar-refractivity contribution in [3.05, 3.63) is 0 Å². The van der Waals surface area contributed by atoms with Gasteiger partial charge in [-0.1, -0.05) is 11.8 Å². The summed E-state index contributed by atoms with van der Waals surface area (Å²) in [7, 11) is 0. The third-order valence-corrected chi connectivity index (χ3v) is 2.69. The molecule has 1 aromatic rings. The number of thioether (sulfide) groups is 1. The summed E-state index contributed by atoms with van der Waals surface area (Å²) in [4.78, 5) is 10.4. The van der Waals surface area contributed by atoms with Crippen molar-refractivity contribution in [2.24, 2.45) is 0 Å². The number of hydrogen-bond donors (Lipinski definition) is 2. The van der Waals surface area contributed by atoms with Gasteiger partial charge in [-0.05, 0) is 6.92 Å². The molecule has 0 aliphatic heterocycles. The minimum atomic E-state index is -0.900. The van der Waals surface area contributed by atoms with Crippen LogP contribution in [0.4, 0.5) is 5.95 Å². The molecule has 8 heteroatoms. The molecular formula is C8H14N4O3S. The Morgan fingerprint density at radius 2 is 2.38 bits per heavy atom. The summed E-state index contributed by atoms with van der Waals surface area (Å²) in [6, 6.07) is 0. The Morgan fingerprint density at radius 1 is 1.62 bits per heavy atom. The number of rotatable bonds is 7. The lowest BCUT2D eigenvalue weighted by molar-refractivity contribution is -0.133. The van der Waals surface area contributed by atoms with Gasteiger partial charge in [0.25, 0.3) is 0 Å². The molecule has 3 N–H and O–H groups in total. The number of carbonyl (C=O) groups is 1. The SMILES string of the molecule is CCOCCn1c(N)nnc1SCC(=O)O. The minimum Gasteiger partial charge on any atom is -0.481 e. The smallest absolute Gasteiger partial charge is 0.313 e. The van der Waals surface area contributed by atoms with Crippen LogP contribution in [0.3, 0.4) is 0 Å². The molecular weight excluding hydrogens is 232 g/mol. The van der Waals surface area contributed by atoms with Gasteiger partial charge in [0.1, 0.15) is 0 Å². The molecule has 16 heavy (non-hydrogen) atoms. The number of ether oxygens (including phenoxy) is 1. The van der Waals surface area contributed by atoms with Crippen LogP contribution in [0.1, 0.15) is 6.92 Å². The zero-order chi connectivity index (χ0) is 12.0. The monoisotopic (exact) mass is 246 g/mol. The summed E-state index contributed by atoms with van der Waals surface area (Å²) in [6.07, 6.45) is 0. The standard InChI is InChI=1S/C8H14N4O3S/c1-2-15-4-3-12-7(9)10-11-8(12)16-5-6(13)14/h2-5H2,1H3,(H2,9,10)(H,13,14). The van der Waals surface area contributed by atoms with E-state index in [0.717, 1.165) is 11.8 Å². The molecule has 0 unspecified atom stereocenters. The molecule has 0 saturated carbocycles. The second-order valence-electron chi connectivity index (χ2n) is 2.87. The number of nitrogens with two attached hydrogens (primary N) is 1. The number of nitrogen functional groups attached to an aromatic ring is 1. The molecule has 1 aromatic heterocycles. The summed E-state index contributed by atoms with van der Waals surface area (Å²) in [5.41, 5.74) is 5.60. The van der Waals surface area contributed by atoms with Crippen molar-refractivity contribution in [3.8, 4) is 0 Å². The number of anilines is 1. The molecule has 0 aromatic carbocycles. The lowest BCUT2D eigenvalue weighted by Gasteiger charge is -2.06. The molecule has 0 saturated heterocycles. The predicted molar refractivity (Wildman–Crippen MR) is 59.3 cm³/mol. The average Bonchev–Trinajstić information content (AvgIpc) is 2.58. The molecule has 7 nitrogen and oxygen atoms in total. The fourth-order valence-electron chi connectivity index (χ4n) is 1.04. The number of nitrogens with zero attached hydrogens (tertiary/aromatic N) is 3. The quantitative estimate of drug-likeness (QED) is 0.518. The lowest BCUT2D eigenvalue weighted by Crippen LogP contribution is -2.10. The Labute approximate surface area is 97.0 Å². The number of aliphatic carboxylic acids is 1. The van der Waals surface area contributed by atoms with E-state index in [0.29, 0.717) is 24.9 Å². The first-order chi connectivity index (χ1) is 7.65. The molecule has 0 spiro atoms. The first kappa shape index (κ1) is 12.8. The molecule has 0 amide bonds. The fourth-order valence-corrected chi connectivity index (χ4v) is 1.74. The number of aromatic nitrogens is 3. The molecule has 1 heterocycles. The number of carboxylic acids is 1. The van der Waals surface area contributed by atoms with E-state index in [9.17, 15) is 4.79 Å². The summed E-state index contributed by atoms with van der Waals surface area (Å²) in [5, 5.41) is 16.5. The van der Waals surface area contributed by atoms with Crippen molar-refractivity contribution in [2.75, 3.05) is 24.7 Å². The first-order valence-corrected chi connectivity index (χ1v) is 5.74. The largest absolute Gasteiger partial charge is 0.481 e. The van der Waals surface area contributed by atoms with Crippen LogP contribution in [0, 0.1) is 0 Å². The Hall–Kier alpha value is -1.28. The highest BCUT2D eigenvalue weighted by atomic mass is 32.2. The summed E-state index contributed by atoms with van der Waals surface area (Å²) in [6.45, 7) is 3.54. The normalized spacial score (nSPS) is 10.6.